The zero-order chi connectivity index (χ0) is 15.4. The number of esters is 1. The summed E-state index contributed by atoms with van der Waals surface area (Å²) in [6.07, 6.45) is 1.46. The summed E-state index contributed by atoms with van der Waals surface area (Å²) in [7, 11) is 1.24. The molecule has 0 atom stereocenters. The van der Waals surface area contributed by atoms with Gasteiger partial charge in [-0.2, -0.15) is 0 Å². The molecular formula is C10H10N6O4S. The molecule has 2 aromatic heterocycles. The van der Waals surface area contributed by atoms with Crippen LogP contribution >= 0.6 is 11.8 Å². The van der Waals surface area contributed by atoms with Crippen LogP contribution in [0.1, 0.15) is 5.56 Å². The van der Waals surface area contributed by atoms with Gasteiger partial charge in [0.2, 0.25) is 5.16 Å². The normalized spacial score (nSPS) is 10.4. The van der Waals surface area contributed by atoms with Gasteiger partial charge < -0.3 is 4.74 Å². The van der Waals surface area contributed by atoms with E-state index in [1.54, 1.807) is 13.0 Å². The molecule has 0 aromatic carbocycles. The minimum atomic E-state index is -0.532. The predicted molar refractivity (Wildman–Crippen MR) is 69.6 cm³/mol. The molecule has 0 radical (unpaired) electrons. The van der Waals surface area contributed by atoms with Gasteiger partial charge in [0, 0.05) is 11.8 Å². The van der Waals surface area contributed by atoms with E-state index < -0.39 is 10.9 Å². The molecular weight excluding hydrogens is 300 g/mol. The van der Waals surface area contributed by atoms with E-state index >= 15 is 0 Å². The molecule has 2 rings (SSSR count). The van der Waals surface area contributed by atoms with Crippen molar-refractivity contribution in [3.05, 3.63) is 27.9 Å². The van der Waals surface area contributed by atoms with Crippen LogP contribution in [0.5, 0.6) is 0 Å². The molecule has 110 valence electrons. The number of aromatic nitrogens is 5. The number of aryl methyl sites for hydroxylation is 1. The molecule has 0 aliphatic rings. The topological polar surface area (TPSA) is 126 Å². The van der Waals surface area contributed by atoms with Gasteiger partial charge in [0.05, 0.1) is 12.0 Å². The first-order valence-electron chi connectivity index (χ1n) is 5.63. The monoisotopic (exact) mass is 310 g/mol. The molecule has 0 amide bonds. The van der Waals surface area contributed by atoms with Crippen LogP contribution in [0.4, 0.5) is 5.69 Å². The van der Waals surface area contributed by atoms with Crippen molar-refractivity contribution < 1.29 is 14.5 Å². The lowest BCUT2D eigenvalue weighted by Crippen LogP contribution is -2.13. The molecule has 0 spiro atoms. The van der Waals surface area contributed by atoms with Crippen LogP contribution in [-0.2, 0) is 16.1 Å². The second kappa shape index (κ2) is 6.26. The van der Waals surface area contributed by atoms with Crippen LogP contribution in [-0.4, -0.2) is 43.2 Å². The fraction of sp³-hybridized carbons (Fsp3) is 0.300. The molecule has 21 heavy (non-hydrogen) atoms. The third-order valence-corrected chi connectivity index (χ3v) is 3.44. The number of pyridine rings is 1. The van der Waals surface area contributed by atoms with E-state index in [1.807, 2.05) is 0 Å². The summed E-state index contributed by atoms with van der Waals surface area (Å²) < 4.78 is 5.71. The summed E-state index contributed by atoms with van der Waals surface area (Å²) in [6.45, 7) is 1.42. The quantitative estimate of drug-likeness (QED) is 0.443. The first-order chi connectivity index (χ1) is 10.0. The number of nitrogens with zero attached hydrogens (tertiary/aromatic N) is 6. The zero-order valence-corrected chi connectivity index (χ0v) is 11.9. The van der Waals surface area contributed by atoms with Gasteiger partial charge in [0.25, 0.3) is 0 Å². The van der Waals surface area contributed by atoms with Gasteiger partial charge in [-0.3, -0.25) is 14.9 Å². The Morgan fingerprint density at radius 2 is 2.33 bits per heavy atom. The van der Waals surface area contributed by atoms with Crippen molar-refractivity contribution >= 4 is 23.4 Å². The van der Waals surface area contributed by atoms with Gasteiger partial charge in [-0.05, 0) is 35.2 Å². The Labute approximate surface area is 122 Å². The summed E-state index contributed by atoms with van der Waals surface area (Å²) in [5, 5.41) is 22.3. The minimum Gasteiger partial charge on any atom is -0.468 e. The van der Waals surface area contributed by atoms with Gasteiger partial charge in [-0.25, -0.2) is 9.67 Å². The Bertz CT molecular complexity index is 688. The van der Waals surface area contributed by atoms with E-state index in [9.17, 15) is 14.9 Å². The molecule has 0 unspecified atom stereocenters. The standard InChI is InChI=1S/C10H10N6O4S/c1-6-3-4-11-9(8(6)16(18)19)21-10-12-13-14-15(10)5-7(17)20-2/h3-4H,5H2,1-2H3. The lowest BCUT2D eigenvalue weighted by Gasteiger charge is -2.04. The van der Waals surface area contributed by atoms with Gasteiger partial charge in [0.1, 0.15) is 6.54 Å². The van der Waals surface area contributed by atoms with Gasteiger partial charge in [-0.1, -0.05) is 0 Å². The van der Waals surface area contributed by atoms with Crippen molar-refractivity contribution in [1.82, 2.24) is 25.2 Å². The number of ether oxygens (including phenoxy) is 1. The molecule has 0 bridgehead atoms. The highest BCUT2D eigenvalue weighted by atomic mass is 32.2. The third-order valence-electron chi connectivity index (χ3n) is 2.47. The van der Waals surface area contributed by atoms with E-state index in [4.69, 9.17) is 0 Å². The maximum Gasteiger partial charge on any atom is 0.327 e. The van der Waals surface area contributed by atoms with E-state index in [2.05, 4.69) is 25.2 Å². The van der Waals surface area contributed by atoms with E-state index in [1.165, 1.54) is 18.0 Å². The molecule has 0 fully saturated rings. The Morgan fingerprint density at radius 3 is 3.00 bits per heavy atom. The van der Waals surface area contributed by atoms with Crippen molar-refractivity contribution in [3.63, 3.8) is 0 Å². The maximum absolute atomic E-state index is 11.2. The van der Waals surface area contributed by atoms with Crippen LogP contribution in [0, 0.1) is 17.0 Å². The Hall–Kier alpha value is -2.56. The second-order valence-corrected chi connectivity index (χ2v) is 4.79. The average molecular weight is 310 g/mol. The van der Waals surface area contributed by atoms with Crippen molar-refractivity contribution in [1.29, 1.82) is 0 Å². The van der Waals surface area contributed by atoms with Gasteiger partial charge in [-0.15, -0.1) is 5.10 Å². The Morgan fingerprint density at radius 1 is 1.57 bits per heavy atom. The maximum atomic E-state index is 11.2. The average Bonchev–Trinajstić information content (AvgIpc) is 2.85. The number of hydrogen-bond donors (Lipinski definition) is 0. The molecule has 2 heterocycles. The molecule has 0 aliphatic carbocycles. The van der Waals surface area contributed by atoms with E-state index in [0.717, 1.165) is 11.8 Å². The lowest BCUT2D eigenvalue weighted by atomic mass is 10.3. The minimum absolute atomic E-state index is 0.116. The molecule has 2 aromatic rings. The summed E-state index contributed by atoms with van der Waals surface area (Å²) in [4.78, 5) is 25.8. The number of carbonyl (C=O) groups is 1. The van der Waals surface area contributed by atoms with Crippen LogP contribution in [0.2, 0.25) is 0 Å². The Kier molecular flexibility index (Phi) is 4.42. The number of nitro groups is 1. The van der Waals surface area contributed by atoms with Crippen LogP contribution in [0.25, 0.3) is 0 Å². The third kappa shape index (κ3) is 3.31. The van der Waals surface area contributed by atoms with E-state index in [0.29, 0.717) is 5.56 Å². The highest BCUT2D eigenvalue weighted by molar-refractivity contribution is 7.99. The first kappa shape index (κ1) is 14.8. The highest BCUT2D eigenvalue weighted by Gasteiger charge is 2.22. The SMILES string of the molecule is COC(=O)Cn1nnnc1Sc1nccc(C)c1[N+](=O)[O-]. The van der Waals surface area contributed by atoms with Crippen LogP contribution in [0.3, 0.4) is 0 Å². The lowest BCUT2D eigenvalue weighted by molar-refractivity contribution is -0.388. The van der Waals surface area contributed by atoms with Crippen molar-refractivity contribution in [2.75, 3.05) is 7.11 Å². The summed E-state index contributed by atoms with van der Waals surface area (Å²) in [5.74, 6) is -0.532. The van der Waals surface area contributed by atoms with Crippen LogP contribution in [0.15, 0.2) is 22.4 Å². The Balaban J connectivity index is 2.31. The number of carbonyl (C=O) groups excluding carboxylic acids is 1. The fourth-order valence-electron chi connectivity index (χ4n) is 1.46. The fourth-order valence-corrected chi connectivity index (χ4v) is 2.37. The highest BCUT2D eigenvalue weighted by Crippen LogP contribution is 2.33. The van der Waals surface area contributed by atoms with Crippen LogP contribution < -0.4 is 0 Å². The molecule has 0 aliphatic heterocycles. The molecule has 0 saturated carbocycles. The number of rotatable bonds is 5. The van der Waals surface area contributed by atoms with Crippen molar-refractivity contribution in [2.45, 2.75) is 23.7 Å². The number of tetrazole rings is 1. The second-order valence-electron chi connectivity index (χ2n) is 3.84. The first-order valence-corrected chi connectivity index (χ1v) is 6.45. The van der Waals surface area contributed by atoms with Gasteiger partial charge >= 0.3 is 11.7 Å². The van der Waals surface area contributed by atoms with Gasteiger partial charge in [0.15, 0.2) is 5.03 Å². The molecule has 10 nitrogen and oxygen atoms in total. The molecule has 0 saturated heterocycles. The summed E-state index contributed by atoms with van der Waals surface area (Å²) in [6, 6.07) is 1.54. The molecule has 0 N–H and O–H groups in total. The predicted octanol–water partition coefficient (Wildman–Crippen LogP) is 0.609. The molecule has 11 heteroatoms. The van der Waals surface area contributed by atoms with Crippen molar-refractivity contribution in [2.24, 2.45) is 0 Å². The largest absolute Gasteiger partial charge is 0.468 e. The smallest absolute Gasteiger partial charge is 0.327 e. The van der Waals surface area contributed by atoms with E-state index in [-0.39, 0.29) is 22.4 Å². The zero-order valence-electron chi connectivity index (χ0n) is 11.1. The summed E-state index contributed by atoms with van der Waals surface area (Å²) >= 11 is 0.909. The number of hydrogen-bond acceptors (Lipinski definition) is 9. The van der Waals surface area contributed by atoms with Crippen molar-refractivity contribution in [3.8, 4) is 0 Å². The summed E-state index contributed by atoms with van der Waals surface area (Å²) in [5.41, 5.74) is 0.361. The number of methoxy groups -OCH3 is 1.